The van der Waals surface area contributed by atoms with Crippen molar-refractivity contribution in [3.8, 4) is 5.82 Å². The summed E-state index contributed by atoms with van der Waals surface area (Å²) in [5.74, 6) is 0.485. The Labute approximate surface area is 154 Å². The zero-order chi connectivity index (χ0) is 18.1. The third-order valence-corrected chi connectivity index (χ3v) is 5.01. The lowest BCUT2D eigenvalue weighted by molar-refractivity contribution is 0.102. The van der Waals surface area contributed by atoms with Crippen molar-refractivity contribution < 1.29 is 4.79 Å². The van der Waals surface area contributed by atoms with Crippen molar-refractivity contribution in [2.24, 2.45) is 0 Å². The highest BCUT2D eigenvalue weighted by Crippen LogP contribution is 2.27. The van der Waals surface area contributed by atoms with E-state index in [-0.39, 0.29) is 5.91 Å². The minimum Gasteiger partial charge on any atom is -0.298 e. The molecule has 4 rings (SSSR count). The number of benzene rings is 1. The van der Waals surface area contributed by atoms with Crippen LogP contribution in [0.1, 0.15) is 28.5 Å². The highest BCUT2D eigenvalue weighted by molar-refractivity contribution is 7.22. The molecule has 0 aliphatic rings. The lowest BCUT2D eigenvalue weighted by Gasteiger charge is -2.06. The molecule has 0 atom stereocenters. The third kappa shape index (κ3) is 2.97. The lowest BCUT2D eigenvalue weighted by atomic mass is 10.2. The molecule has 7 heteroatoms. The Hall–Kier alpha value is -3.06. The number of nitrogens with zero attached hydrogens (tertiary/aromatic N) is 4. The van der Waals surface area contributed by atoms with Gasteiger partial charge in [0, 0.05) is 6.20 Å². The normalized spacial score (nSPS) is 11.0. The molecule has 0 bridgehead atoms. The molecule has 1 amide bonds. The van der Waals surface area contributed by atoms with Gasteiger partial charge in [0.15, 0.2) is 10.9 Å². The van der Waals surface area contributed by atoms with Crippen LogP contribution in [0, 0.1) is 6.92 Å². The molecule has 0 unspecified atom stereocenters. The number of rotatable bonds is 4. The van der Waals surface area contributed by atoms with Crippen molar-refractivity contribution in [2.45, 2.75) is 20.3 Å². The van der Waals surface area contributed by atoms with Crippen molar-refractivity contribution >= 4 is 32.6 Å². The van der Waals surface area contributed by atoms with Gasteiger partial charge in [0.1, 0.15) is 0 Å². The molecule has 1 aromatic carbocycles. The van der Waals surface area contributed by atoms with Crippen LogP contribution in [0.5, 0.6) is 0 Å². The van der Waals surface area contributed by atoms with Crippen molar-refractivity contribution in [3.05, 3.63) is 65.6 Å². The summed E-state index contributed by atoms with van der Waals surface area (Å²) in [6, 6.07) is 11.7. The standard InChI is InChI=1S/C19H17N5OS/c1-3-15-13(11-21-24(15)17-6-4-5-9-20-17)18(25)23-19-22-14-8-7-12(2)10-16(14)26-19/h4-11H,3H2,1-2H3,(H,22,23,25). The summed E-state index contributed by atoms with van der Waals surface area (Å²) in [4.78, 5) is 21.6. The summed E-state index contributed by atoms with van der Waals surface area (Å²) in [5, 5.41) is 7.84. The first-order valence-corrected chi connectivity index (χ1v) is 9.14. The summed E-state index contributed by atoms with van der Waals surface area (Å²) >= 11 is 1.47. The van der Waals surface area contributed by atoms with E-state index in [4.69, 9.17) is 0 Å². The van der Waals surface area contributed by atoms with E-state index in [1.807, 2.05) is 44.2 Å². The first-order chi connectivity index (χ1) is 12.7. The van der Waals surface area contributed by atoms with E-state index < -0.39 is 0 Å². The van der Waals surface area contributed by atoms with Gasteiger partial charge in [0.2, 0.25) is 0 Å². The number of carbonyl (C=O) groups excluding carboxylic acids is 1. The Bertz CT molecular complexity index is 1080. The number of carbonyl (C=O) groups is 1. The van der Waals surface area contributed by atoms with E-state index in [0.29, 0.717) is 22.9 Å². The number of pyridine rings is 1. The average Bonchev–Trinajstić information content (AvgIpc) is 3.25. The molecular weight excluding hydrogens is 346 g/mol. The van der Waals surface area contributed by atoms with Crippen LogP contribution in [0.2, 0.25) is 0 Å². The Morgan fingerprint density at radius 2 is 2.15 bits per heavy atom. The summed E-state index contributed by atoms with van der Waals surface area (Å²) in [5.41, 5.74) is 3.41. The molecule has 0 spiro atoms. The summed E-state index contributed by atoms with van der Waals surface area (Å²) in [6.07, 6.45) is 3.96. The number of thiazole rings is 1. The van der Waals surface area contributed by atoms with Gasteiger partial charge in [-0.15, -0.1) is 0 Å². The summed E-state index contributed by atoms with van der Waals surface area (Å²) in [6.45, 7) is 4.03. The average molecular weight is 363 g/mol. The Morgan fingerprint density at radius 1 is 1.27 bits per heavy atom. The van der Waals surface area contributed by atoms with Crippen molar-refractivity contribution in [1.82, 2.24) is 19.7 Å². The fourth-order valence-electron chi connectivity index (χ4n) is 2.83. The van der Waals surface area contributed by atoms with Gasteiger partial charge in [-0.1, -0.05) is 30.4 Å². The van der Waals surface area contributed by atoms with Crippen LogP contribution in [0.25, 0.3) is 16.0 Å². The van der Waals surface area contributed by atoms with Gasteiger partial charge in [-0.05, 0) is 43.2 Å². The van der Waals surface area contributed by atoms with Gasteiger partial charge in [-0.2, -0.15) is 5.10 Å². The van der Waals surface area contributed by atoms with Gasteiger partial charge in [-0.25, -0.2) is 14.6 Å². The fraction of sp³-hybridized carbons (Fsp3) is 0.158. The highest BCUT2D eigenvalue weighted by Gasteiger charge is 2.19. The van der Waals surface area contributed by atoms with Crippen LogP contribution in [-0.2, 0) is 6.42 Å². The zero-order valence-corrected chi connectivity index (χ0v) is 15.2. The molecule has 3 heterocycles. The second-order valence-electron chi connectivity index (χ2n) is 5.90. The van der Waals surface area contributed by atoms with Crippen LogP contribution in [0.3, 0.4) is 0 Å². The van der Waals surface area contributed by atoms with Gasteiger partial charge in [0.25, 0.3) is 5.91 Å². The molecule has 4 aromatic rings. The Morgan fingerprint density at radius 3 is 2.92 bits per heavy atom. The van der Waals surface area contributed by atoms with E-state index in [1.54, 1.807) is 17.1 Å². The predicted molar refractivity (Wildman–Crippen MR) is 103 cm³/mol. The zero-order valence-electron chi connectivity index (χ0n) is 14.4. The van der Waals surface area contributed by atoms with Crippen molar-refractivity contribution in [1.29, 1.82) is 0 Å². The topological polar surface area (TPSA) is 72.7 Å². The summed E-state index contributed by atoms with van der Waals surface area (Å²) < 4.78 is 2.76. The quantitative estimate of drug-likeness (QED) is 0.595. The highest BCUT2D eigenvalue weighted by atomic mass is 32.1. The minimum absolute atomic E-state index is 0.209. The van der Waals surface area contributed by atoms with E-state index in [0.717, 1.165) is 15.9 Å². The van der Waals surface area contributed by atoms with Crippen LogP contribution < -0.4 is 5.32 Å². The number of hydrogen-bond acceptors (Lipinski definition) is 5. The smallest absolute Gasteiger partial charge is 0.260 e. The van der Waals surface area contributed by atoms with Crippen LogP contribution in [0.4, 0.5) is 5.13 Å². The Kier molecular flexibility index (Phi) is 4.22. The molecule has 26 heavy (non-hydrogen) atoms. The largest absolute Gasteiger partial charge is 0.298 e. The monoisotopic (exact) mass is 363 g/mol. The lowest BCUT2D eigenvalue weighted by Crippen LogP contribution is -2.14. The van der Waals surface area contributed by atoms with Crippen LogP contribution in [0.15, 0.2) is 48.8 Å². The second-order valence-corrected chi connectivity index (χ2v) is 6.93. The maximum atomic E-state index is 12.8. The predicted octanol–water partition coefficient (Wildman–Crippen LogP) is 4.00. The van der Waals surface area contributed by atoms with Crippen molar-refractivity contribution in [3.63, 3.8) is 0 Å². The third-order valence-electron chi connectivity index (χ3n) is 4.08. The van der Waals surface area contributed by atoms with Gasteiger partial charge >= 0.3 is 0 Å². The fourth-order valence-corrected chi connectivity index (χ4v) is 3.79. The maximum absolute atomic E-state index is 12.8. The summed E-state index contributed by atoms with van der Waals surface area (Å²) in [7, 11) is 0. The molecule has 0 aliphatic carbocycles. The number of fused-ring (bicyclic) bond motifs is 1. The molecule has 0 radical (unpaired) electrons. The first kappa shape index (κ1) is 16.4. The molecule has 3 aromatic heterocycles. The SMILES string of the molecule is CCc1c(C(=O)Nc2nc3ccc(C)cc3s2)cnn1-c1ccccn1. The first-order valence-electron chi connectivity index (χ1n) is 8.32. The van der Waals surface area contributed by atoms with Crippen LogP contribution in [-0.4, -0.2) is 25.7 Å². The maximum Gasteiger partial charge on any atom is 0.260 e. The van der Waals surface area contributed by atoms with Gasteiger partial charge < -0.3 is 0 Å². The van der Waals surface area contributed by atoms with Gasteiger partial charge in [0.05, 0.1) is 27.7 Å². The number of hydrogen-bond donors (Lipinski definition) is 1. The number of amides is 1. The molecule has 0 saturated heterocycles. The molecule has 130 valence electrons. The molecule has 0 fully saturated rings. The number of nitrogens with one attached hydrogen (secondary N) is 1. The number of aryl methyl sites for hydroxylation is 1. The molecular formula is C19H17N5OS. The van der Waals surface area contributed by atoms with Crippen LogP contribution >= 0.6 is 11.3 Å². The van der Waals surface area contributed by atoms with E-state index in [1.165, 1.54) is 16.9 Å². The van der Waals surface area contributed by atoms with E-state index in [9.17, 15) is 4.79 Å². The van der Waals surface area contributed by atoms with E-state index >= 15 is 0 Å². The number of aromatic nitrogens is 4. The molecule has 0 aliphatic heterocycles. The van der Waals surface area contributed by atoms with Crippen molar-refractivity contribution in [2.75, 3.05) is 5.32 Å². The minimum atomic E-state index is -0.209. The number of anilines is 1. The van der Waals surface area contributed by atoms with E-state index in [2.05, 4.69) is 26.4 Å². The second kappa shape index (κ2) is 6.68. The molecule has 1 N–H and O–H groups in total. The van der Waals surface area contributed by atoms with Gasteiger partial charge in [-0.3, -0.25) is 10.1 Å². The molecule has 6 nitrogen and oxygen atoms in total. The molecule has 0 saturated carbocycles. The Balaban J connectivity index is 1.64.